The molecule has 3 rings (SSSR count). The molecular formula is C14H16FN3O3. The third kappa shape index (κ3) is 2.61. The van der Waals surface area contributed by atoms with Crippen LogP contribution in [0.4, 0.5) is 15.8 Å². The summed E-state index contributed by atoms with van der Waals surface area (Å²) in [6.45, 7) is 0.806. The molecule has 2 N–H and O–H groups in total. The molecule has 1 aliphatic carbocycles. The smallest absolute Gasteiger partial charge is 0.271 e. The highest BCUT2D eigenvalue weighted by atomic mass is 19.1. The van der Waals surface area contributed by atoms with E-state index in [9.17, 15) is 19.3 Å². The van der Waals surface area contributed by atoms with Crippen LogP contribution in [0.3, 0.4) is 0 Å². The average molecular weight is 293 g/mol. The standard InChI is InChI=1S/C14H16FN3O3/c15-11-5-4-9(18(20)21)6-12(11)17-14(19)13-10-3-1-2-8(10)7-16-13/h4-6,8,10,13,16H,1-3,7H2,(H,17,19). The maximum atomic E-state index is 13.7. The first kappa shape index (κ1) is 13.9. The predicted molar refractivity (Wildman–Crippen MR) is 74.3 cm³/mol. The molecule has 1 saturated heterocycles. The molecule has 1 saturated carbocycles. The van der Waals surface area contributed by atoms with Crippen molar-refractivity contribution in [3.05, 3.63) is 34.1 Å². The fraction of sp³-hybridized carbons (Fsp3) is 0.500. The van der Waals surface area contributed by atoms with Crippen LogP contribution in [0.25, 0.3) is 0 Å². The number of amides is 1. The number of halogens is 1. The van der Waals surface area contributed by atoms with Crippen molar-refractivity contribution in [3.8, 4) is 0 Å². The van der Waals surface area contributed by atoms with Gasteiger partial charge in [0.2, 0.25) is 5.91 Å². The van der Waals surface area contributed by atoms with E-state index in [-0.39, 0.29) is 29.2 Å². The molecule has 3 unspecified atom stereocenters. The number of nitrogens with zero attached hydrogens (tertiary/aromatic N) is 1. The molecule has 6 nitrogen and oxygen atoms in total. The molecule has 0 spiro atoms. The Morgan fingerprint density at radius 2 is 2.24 bits per heavy atom. The molecule has 7 heteroatoms. The Morgan fingerprint density at radius 1 is 1.43 bits per heavy atom. The summed E-state index contributed by atoms with van der Waals surface area (Å²) in [6, 6.07) is 2.78. The molecule has 112 valence electrons. The summed E-state index contributed by atoms with van der Waals surface area (Å²) in [4.78, 5) is 22.4. The monoisotopic (exact) mass is 293 g/mol. The predicted octanol–water partition coefficient (Wildman–Crippen LogP) is 2.06. The highest BCUT2D eigenvalue weighted by molar-refractivity contribution is 5.95. The van der Waals surface area contributed by atoms with Crippen LogP contribution in [0.2, 0.25) is 0 Å². The maximum Gasteiger partial charge on any atom is 0.271 e. The van der Waals surface area contributed by atoms with Crippen LogP contribution in [0.5, 0.6) is 0 Å². The van der Waals surface area contributed by atoms with Gasteiger partial charge in [-0.3, -0.25) is 14.9 Å². The number of fused-ring (bicyclic) bond motifs is 1. The largest absolute Gasteiger partial charge is 0.322 e. The number of rotatable bonds is 3. The molecule has 1 aliphatic heterocycles. The van der Waals surface area contributed by atoms with Gasteiger partial charge in [-0.2, -0.15) is 0 Å². The van der Waals surface area contributed by atoms with Crippen molar-refractivity contribution in [1.29, 1.82) is 0 Å². The Kier molecular flexibility index (Phi) is 3.59. The van der Waals surface area contributed by atoms with Crippen LogP contribution in [0.15, 0.2) is 18.2 Å². The van der Waals surface area contributed by atoms with E-state index in [1.807, 2.05) is 0 Å². The lowest BCUT2D eigenvalue weighted by Gasteiger charge is -2.17. The first-order valence-electron chi connectivity index (χ1n) is 7.04. The first-order valence-corrected chi connectivity index (χ1v) is 7.04. The first-order chi connectivity index (χ1) is 10.1. The summed E-state index contributed by atoms with van der Waals surface area (Å²) in [5.41, 5.74) is -0.387. The molecule has 1 aromatic carbocycles. The lowest BCUT2D eigenvalue weighted by molar-refractivity contribution is -0.384. The van der Waals surface area contributed by atoms with Crippen molar-refractivity contribution in [2.75, 3.05) is 11.9 Å². The number of non-ortho nitro benzene ring substituents is 1. The van der Waals surface area contributed by atoms with Crippen molar-refractivity contribution >= 4 is 17.3 Å². The fourth-order valence-electron chi connectivity index (χ4n) is 3.41. The zero-order valence-electron chi connectivity index (χ0n) is 11.3. The van der Waals surface area contributed by atoms with Gasteiger partial charge in [0.25, 0.3) is 5.69 Å². The van der Waals surface area contributed by atoms with E-state index in [0.717, 1.165) is 44.0 Å². The van der Waals surface area contributed by atoms with Crippen molar-refractivity contribution in [3.63, 3.8) is 0 Å². The van der Waals surface area contributed by atoms with Gasteiger partial charge in [0.05, 0.1) is 16.7 Å². The van der Waals surface area contributed by atoms with Crippen LogP contribution in [0, 0.1) is 27.8 Å². The van der Waals surface area contributed by atoms with Gasteiger partial charge < -0.3 is 10.6 Å². The lowest BCUT2D eigenvalue weighted by atomic mass is 9.93. The SMILES string of the molecule is O=C(Nc1cc([N+](=O)[O-])ccc1F)C1NCC2CCCC21. The van der Waals surface area contributed by atoms with Crippen molar-refractivity contribution in [2.24, 2.45) is 11.8 Å². The van der Waals surface area contributed by atoms with Crippen molar-refractivity contribution < 1.29 is 14.1 Å². The fourth-order valence-corrected chi connectivity index (χ4v) is 3.41. The van der Waals surface area contributed by atoms with E-state index >= 15 is 0 Å². The number of hydrogen-bond donors (Lipinski definition) is 2. The molecular weight excluding hydrogens is 277 g/mol. The minimum absolute atomic E-state index is 0.141. The van der Waals surface area contributed by atoms with Gasteiger partial charge in [-0.25, -0.2) is 4.39 Å². The van der Waals surface area contributed by atoms with E-state index in [2.05, 4.69) is 10.6 Å². The molecule has 0 aromatic heterocycles. The summed E-state index contributed by atoms with van der Waals surface area (Å²) in [5, 5.41) is 16.4. The molecule has 0 radical (unpaired) electrons. The third-order valence-electron chi connectivity index (χ3n) is 4.45. The number of nitro benzene ring substituents is 1. The molecule has 0 bridgehead atoms. The Bertz CT molecular complexity index is 593. The molecule has 1 amide bonds. The number of anilines is 1. The highest BCUT2D eigenvalue weighted by Crippen LogP contribution is 2.38. The van der Waals surface area contributed by atoms with Gasteiger partial charge in [-0.15, -0.1) is 0 Å². The third-order valence-corrected chi connectivity index (χ3v) is 4.45. The number of benzene rings is 1. The second-order valence-corrected chi connectivity index (χ2v) is 5.65. The molecule has 3 atom stereocenters. The zero-order valence-corrected chi connectivity index (χ0v) is 11.3. The number of carbonyl (C=O) groups is 1. The molecule has 2 aliphatic rings. The van der Waals surface area contributed by atoms with Crippen molar-refractivity contribution in [1.82, 2.24) is 5.32 Å². The van der Waals surface area contributed by atoms with Gasteiger partial charge in [0.15, 0.2) is 0 Å². The van der Waals surface area contributed by atoms with Crippen LogP contribution in [-0.4, -0.2) is 23.4 Å². The molecule has 2 fully saturated rings. The van der Waals surface area contributed by atoms with E-state index < -0.39 is 10.7 Å². The van der Waals surface area contributed by atoms with Gasteiger partial charge in [0, 0.05) is 12.1 Å². The Hall–Kier alpha value is -2.02. The Morgan fingerprint density at radius 3 is 3.00 bits per heavy atom. The average Bonchev–Trinajstić information content (AvgIpc) is 3.03. The summed E-state index contributed by atoms with van der Waals surface area (Å²) < 4.78 is 13.7. The second kappa shape index (κ2) is 5.40. The maximum absolute atomic E-state index is 13.7. The van der Waals surface area contributed by atoms with E-state index in [1.165, 1.54) is 0 Å². The molecule has 21 heavy (non-hydrogen) atoms. The quantitative estimate of drug-likeness (QED) is 0.660. The Labute approximate surface area is 120 Å². The Balaban J connectivity index is 1.75. The van der Waals surface area contributed by atoms with Crippen molar-refractivity contribution in [2.45, 2.75) is 25.3 Å². The van der Waals surface area contributed by atoms with Gasteiger partial charge in [-0.1, -0.05) is 6.42 Å². The number of nitrogens with one attached hydrogen (secondary N) is 2. The van der Waals surface area contributed by atoms with Gasteiger partial charge >= 0.3 is 0 Å². The minimum Gasteiger partial charge on any atom is -0.322 e. The molecule has 1 heterocycles. The van der Waals surface area contributed by atoms with E-state index in [1.54, 1.807) is 0 Å². The number of carbonyl (C=O) groups excluding carboxylic acids is 1. The second-order valence-electron chi connectivity index (χ2n) is 5.65. The van der Waals surface area contributed by atoms with E-state index in [0.29, 0.717) is 5.92 Å². The van der Waals surface area contributed by atoms with Gasteiger partial charge in [0.1, 0.15) is 5.82 Å². The van der Waals surface area contributed by atoms with Crippen LogP contribution < -0.4 is 10.6 Å². The summed E-state index contributed by atoms with van der Waals surface area (Å²) in [5.74, 6) is -0.193. The summed E-state index contributed by atoms with van der Waals surface area (Å²) in [7, 11) is 0. The van der Waals surface area contributed by atoms with E-state index in [4.69, 9.17) is 0 Å². The van der Waals surface area contributed by atoms with Crippen LogP contribution in [0.1, 0.15) is 19.3 Å². The summed E-state index contributed by atoms with van der Waals surface area (Å²) >= 11 is 0. The van der Waals surface area contributed by atoms with Crippen LogP contribution >= 0.6 is 0 Å². The topological polar surface area (TPSA) is 84.3 Å². The minimum atomic E-state index is -0.671. The lowest BCUT2D eigenvalue weighted by Crippen LogP contribution is -2.39. The number of hydrogen-bond acceptors (Lipinski definition) is 4. The zero-order chi connectivity index (χ0) is 15.0. The number of nitro groups is 1. The van der Waals surface area contributed by atoms with Crippen LogP contribution in [-0.2, 0) is 4.79 Å². The summed E-state index contributed by atoms with van der Waals surface area (Å²) in [6.07, 6.45) is 3.23. The molecule has 1 aromatic rings. The van der Waals surface area contributed by atoms with Gasteiger partial charge in [-0.05, 0) is 37.3 Å². The normalized spacial score (nSPS) is 27.4. The highest BCUT2D eigenvalue weighted by Gasteiger charge is 2.42.